The first-order valence-electron chi connectivity index (χ1n) is 6.34. The molecule has 1 fully saturated rings. The zero-order chi connectivity index (χ0) is 12.0. The molecule has 0 aromatic heterocycles. The van der Waals surface area contributed by atoms with Crippen molar-refractivity contribution < 1.29 is 9.90 Å². The summed E-state index contributed by atoms with van der Waals surface area (Å²) in [5.41, 5.74) is 5.42. The highest BCUT2D eigenvalue weighted by atomic mass is 16.3. The molecule has 0 radical (unpaired) electrons. The van der Waals surface area contributed by atoms with Gasteiger partial charge in [-0.05, 0) is 25.7 Å². The maximum atomic E-state index is 11.9. The first-order chi connectivity index (χ1) is 7.58. The Morgan fingerprint density at radius 1 is 1.44 bits per heavy atom. The number of hydrogen-bond donors (Lipinski definition) is 3. The van der Waals surface area contributed by atoms with Gasteiger partial charge >= 0.3 is 0 Å². The minimum absolute atomic E-state index is 0.0458. The van der Waals surface area contributed by atoms with E-state index in [2.05, 4.69) is 5.32 Å². The van der Waals surface area contributed by atoms with Gasteiger partial charge in [0.2, 0.25) is 5.91 Å². The normalized spacial score (nSPS) is 21.4. The van der Waals surface area contributed by atoms with Gasteiger partial charge in [-0.1, -0.05) is 26.2 Å². The lowest BCUT2D eigenvalue weighted by molar-refractivity contribution is -0.127. The van der Waals surface area contributed by atoms with Gasteiger partial charge in [0, 0.05) is 6.54 Å². The summed E-state index contributed by atoms with van der Waals surface area (Å²) in [6, 6.07) is 0. The molecule has 4 nitrogen and oxygen atoms in total. The molecule has 16 heavy (non-hydrogen) atoms. The SMILES string of the molecule is CCC(O)CCNC(=O)C1(N)CCCCC1. The topological polar surface area (TPSA) is 75.3 Å². The summed E-state index contributed by atoms with van der Waals surface area (Å²) in [7, 11) is 0. The van der Waals surface area contributed by atoms with Gasteiger partial charge in [0.05, 0.1) is 11.6 Å². The second kappa shape index (κ2) is 6.21. The quantitative estimate of drug-likeness (QED) is 0.655. The molecule has 94 valence electrons. The van der Waals surface area contributed by atoms with Crippen LogP contribution in [0.15, 0.2) is 0 Å². The van der Waals surface area contributed by atoms with Gasteiger partial charge in [-0.15, -0.1) is 0 Å². The summed E-state index contributed by atoms with van der Waals surface area (Å²) in [4.78, 5) is 11.9. The summed E-state index contributed by atoms with van der Waals surface area (Å²) >= 11 is 0. The monoisotopic (exact) mass is 228 g/mol. The number of nitrogens with two attached hydrogens (primary N) is 1. The van der Waals surface area contributed by atoms with Gasteiger partial charge in [0.15, 0.2) is 0 Å². The van der Waals surface area contributed by atoms with Crippen LogP contribution >= 0.6 is 0 Å². The molecule has 4 heteroatoms. The van der Waals surface area contributed by atoms with Crippen molar-refractivity contribution in [2.75, 3.05) is 6.54 Å². The van der Waals surface area contributed by atoms with E-state index in [1.54, 1.807) is 0 Å². The summed E-state index contributed by atoms with van der Waals surface area (Å²) in [5, 5.41) is 12.2. The highest BCUT2D eigenvalue weighted by Gasteiger charge is 2.34. The van der Waals surface area contributed by atoms with Gasteiger partial charge in [0.25, 0.3) is 0 Å². The van der Waals surface area contributed by atoms with Crippen molar-refractivity contribution in [3.63, 3.8) is 0 Å². The van der Waals surface area contributed by atoms with Gasteiger partial charge in [-0.25, -0.2) is 0 Å². The van der Waals surface area contributed by atoms with Crippen molar-refractivity contribution in [1.82, 2.24) is 5.32 Å². The second-order valence-electron chi connectivity index (χ2n) is 4.82. The molecule has 1 aliphatic carbocycles. The summed E-state index contributed by atoms with van der Waals surface area (Å²) in [6.45, 7) is 2.45. The standard InChI is InChI=1S/C12H24N2O2/c1-2-10(15)6-9-14-11(16)12(13)7-4-3-5-8-12/h10,15H,2-9,13H2,1H3,(H,14,16). The Hall–Kier alpha value is -0.610. The molecule has 1 atom stereocenters. The Morgan fingerprint density at radius 3 is 2.62 bits per heavy atom. The number of amides is 1. The molecule has 0 spiro atoms. The fraction of sp³-hybridized carbons (Fsp3) is 0.917. The van der Waals surface area contributed by atoms with E-state index in [-0.39, 0.29) is 12.0 Å². The minimum Gasteiger partial charge on any atom is -0.393 e. The molecule has 1 aliphatic rings. The van der Waals surface area contributed by atoms with Crippen molar-refractivity contribution in [1.29, 1.82) is 0 Å². The fourth-order valence-corrected chi connectivity index (χ4v) is 2.14. The van der Waals surface area contributed by atoms with Crippen LogP contribution in [0.3, 0.4) is 0 Å². The zero-order valence-electron chi connectivity index (χ0n) is 10.2. The average Bonchev–Trinajstić information content (AvgIpc) is 2.29. The number of carbonyl (C=O) groups excluding carboxylic acids is 1. The third-order valence-electron chi connectivity index (χ3n) is 3.43. The Labute approximate surface area is 97.6 Å². The van der Waals surface area contributed by atoms with E-state index in [0.717, 1.165) is 32.1 Å². The number of carbonyl (C=O) groups is 1. The average molecular weight is 228 g/mol. The largest absolute Gasteiger partial charge is 0.393 e. The number of aliphatic hydroxyl groups excluding tert-OH is 1. The lowest BCUT2D eigenvalue weighted by Gasteiger charge is -2.31. The smallest absolute Gasteiger partial charge is 0.240 e. The highest BCUT2D eigenvalue weighted by Crippen LogP contribution is 2.25. The Bertz CT molecular complexity index is 225. The number of nitrogens with one attached hydrogen (secondary N) is 1. The van der Waals surface area contributed by atoms with Crippen LogP contribution in [0.4, 0.5) is 0 Å². The van der Waals surface area contributed by atoms with E-state index in [1.807, 2.05) is 6.92 Å². The second-order valence-corrected chi connectivity index (χ2v) is 4.82. The molecule has 4 N–H and O–H groups in total. The van der Waals surface area contributed by atoms with Crippen molar-refractivity contribution >= 4 is 5.91 Å². The summed E-state index contributed by atoms with van der Waals surface area (Å²) in [6.07, 6.45) is 5.86. The van der Waals surface area contributed by atoms with Gasteiger partial charge in [-0.3, -0.25) is 4.79 Å². The third-order valence-corrected chi connectivity index (χ3v) is 3.43. The summed E-state index contributed by atoms with van der Waals surface area (Å²) < 4.78 is 0. The van der Waals surface area contributed by atoms with E-state index in [0.29, 0.717) is 13.0 Å². The van der Waals surface area contributed by atoms with Gasteiger partial charge < -0.3 is 16.2 Å². The molecular weight excluding hydrogens is 204 g/mol. The molecule has 0 aliphatic heterocycles. The lowest BCUT2D eigenvalue weighted by Crippen LogP contribution is -2.55. The maximum Gasteiger partial charge on any atom is 0.240 e. The van der Waals surface area contributed by atoms with Crippen LogP contribution in [0.2, 0.25) is 0 Å². The van der Waals surface area contributed by atoms with E-state index in [1.165, 1.54) is 6.42 Å². The molecule has 1 unspecified atom stereocenters. The molecule has 1 rings (SSSR count). The maximum absolute atomic E-state index is 11.9. The molecular formula is C12H24N2O2. The van der Waals surface area contributed by atoms with Crippen LogP contribution in [-0.4, -0.2) is 29.2 Å². The zero-order valence-corrected chi connectivity index (χ0v) is 10.2. The van der Waals surface area contributed by atoms with Crippen molar-refractivity contribution in [2.45, 2.75) is 63.5 Å². The minimum atomic E-state index is -0.657. The van der Waals surface area contributed by atoms with Gasteiger partial charge in [-0.2, -0.15) is 0 Å². The van der Waals surface area contributed by atoms with Crippen LogP contribution in [-0.2, 0) is 4.79 Å². The van der Waals surface area contributed by atoms with E-state index >= 15 is 0 Å². The third kappa shape index (κ3) is 3.76. The first-order valence-corrected chi connectivity index (χ1v) is 6.34. The lowest BCUT2D eigenvalue weighted by atomic mass is 9.82. The molecule has 0 aromatic rings. The Kier molecular flexibility index (Phi) is 5.22. The Balaban J connectivity index is 2.28. The number of hydrogen-bond acceptors (Lipinski definition) is 3. The van der Waals surface area contributed by atoms with Crippen LogP contribution in [0.1, 0.15) is 51.9 Å². The number of rotatable bonds is 5. The molecule has 0 aromatic carbocycles. The fourth-order valence-electron chi connectivity index (χ4n) is 2.14. The molecule has 0 bridgehead atoms. The van der Waals surface area contributed by atoms with E-state index in [4.69, 9.17) is 5.73 Å². The van der Waals surface area contributed by atoms with Crippen LogP contribution in [0, 0.1) is 0 Å². The van der Waals surface area contributed by atoms with Crippen molar-refractivity contribution in [3.05, 3.63) is 0 Å². The van der Waals surface area contributed by atoms with Crippen LogP contribution < -0.4 is 11.1 Å². The van der Waals surface area contributed by atoms with Crippen molar-refractivity contribution in [2.24, 2.45) is 5.73 Å². The van der Waals surface area contributed by atoms with E-state index in [9.17, 15) is 9.90 Å². The van der Waals surface area contributed by atoms with Gasteiger partial charge in [0.1, 0.15) is 0 Å². The predicted molar refractivity (Wildman–Crippen MR) is 63.9 cm³/mol. The first kappa shape index (κ1) is 13.5. The molecule has 1 amide bonds. The van der Waals surface area contributed by atoms with Crippen molar-refractivity contribution in [3.8, 4) is 0 Å². The van der Waals surface area contributed by atoms with Crippen LogP contribution in [0.5, 0.6) is 0 Å². The van der Waals surface area contributed by atoms with Crippen LogP contribution in [0.25, 0.3) is 0 Å². The van der Waals surface area contributed by atoms with E-state index < -0.39 is 5.54 Å². The number of aliphatic hydroxyl groups is 1. The summed E-state index contributed by atoms with van der Waals surface area (Å²) in [5.74, 6) is -0.0458. The molecule has 0 heterocycles. The molecule has 1 saturated carbocycles. The Morgan fingerprint density at radius 2 is 2.06 bits per heavy atom. The predicted octanol–water partition coefficient (Wildman–Crippen LogP) is 0.925. The highest BCUT2D eigenvalue weighted by molar-refractivity contribution is 5.86. The molecule has 0 saturated heterocycles.